The molecule has 0 amide bonds. The third-order valence-electron chi connectivity index (χ3n) is 1.04. The molecule has 0 aromatic carbocycles. The fourth-order valence-electron chi connectivity index (χ4n) is 0.555. The zero-order chi connectivity index (χ0) is 7.33. The van der Waals surface area contributed by atoms with Crippen LogP contribution in [0.25, 0.3) is 0 Å². The summed E-state index contributed by atoms with van der Waals surface area (Å²) in [6.07, 6.45) is 2.11. The van der Waals surface area contributed by atoms with Gasteiger partial charge in [0.2, 0.25) is 0 Å². The van der Waals surface area contributed by atoms with Gasteiger partial charge in [0, 0.05) is 0 Å². The molecule has 3 nitrogen and oxygen atoms in total. The van der Waals surface area contributed by atoms with Gasteiger partial charge in [0.1, 0.15) is 0 Å². The second kappa shape index (κ2) is 6.37. The van der Waals surface area contributed by atoms with Gasteiger partial charge in [-0.05, 0) is 12.6 Å². The first-order chi connectivity index (χ1) is 4.06. The monoisotopic (exact) mass is 209 g/mol. The van der Waals surface area contributed by atoms with Crippen molar-refractivity contribution in [3.8, 4) is 0 Å². The van der Waals surface area contributed by atoms with Crippen LogP contribution in [0.1, 0.15) is 26.2 Å². The Kier molecular flexibility index (Phi) is 8.45. The van der Waals surface area contributed by atoms with Crippen LogP contribution in [0.4, 0.5) is 0 Å². The maximum absolute atomic E-state index is 9.98. The predicted octanol–water partition coefficient (Wildman–Crippen LogP) is 0.0878. The van der Waals surface area contributed by atoms with E-state index >= 15 is 0 Å². The third kappa shape index (κ3) is 11.5. The number of unbranched alkanes of at least 4 members (excludes halogenated alkanes) is 2. The fourth-order valence-corrected chi connectivity index (χ4v) is 1.17. The minimum absolute atomic E-state index is 0. The van der Waals surface area contributed by atoms with Gasteiger partial charge in [-0.2, -0.15) is 0 Å². The average Bonchev–Trinajstić information content (AvgIpc) is 1.63. The first-order valence-electron chi connectivity index (χ1n) is 3.07. The van der Waals surface area contributed by atoms with Gasteiger partial charge in [-0.25, -0.2) is 0 Å². The average molecular weight is 209 g/mol. The molecule has 0 bridgehead atoms. The summed E-state index contributed by atoms with van der Waals surface area (Å²) in [5.74, 6) is 0. The molecule has 10 heavy (non-hydrogen) atoms. The Morgan fingerprint density at radius 3 is 2.10 bits per heavy atom. The molecule has 0 saturated carbocycles. The van der Waals surface area contributed by atoms with E-state index in [4.69, 9.17) is 0 Å². The summed E-state index contributed by atoms with van der Waals surface area (Å²) in [5, 5.41) is 0. The SMILES string of the molecule is CCCCCP(=O)([O-])[O-].[Co+2]. The van der Waals surface area contributed by atoms with Crippen LogP contribution in [0.3, 0.4) is 0 Å². The van der Waals surface area contributed by atoms with Crippen LogP contribution in [-0.2, 0) is 21.3 Å². The van der Waals surface area contributed by atoms with Crippen molar-refractivity contribution in [3.63, 3.8) is 0 Å². The van der Waals surface area contributed by atoms with Crippen LogP contribution < -0.4 is 9.79 Å². The largest absolute Gasteiger partial charge is 2.00 e. The number of rotatable bonds is 4. The maximum Gasteiger partial charge on any atom is 2.00 e. The van der Waals surface area contributed by atoms with Gasteiger partial charge in [-0.15, -0.1) is 0 Å². The van der Waals surface area contributed by atoms with Crippen molar-refractivity contribution in [1.29, 1.82) is 0 Å². The van der Waals surface area contributed by atoms with Crippen LogP contribution in [-0.4, -0.2) is 6.16 Å². The topological polar surface area (TPSA) is 63.2 Å². The molecule has 0 fully saturated rings. The van der Waals surface area contributed by atoms with E-state index in [1.54, 1.807) is 0 Å². The Hall–Kier alpha value is 0.656. The Morgan fingerprint density at radius 2 is 1.80 bits per heavy atom. The maximum atomic E-state index is 9.98. The normalized spacial score (nSPS) is 10.7. The first kappa shape index (κ1) is 13.3. The Balaban J connectivity index is 0. The molecule has 0 unspecified atom stereocenters. The molecule has 0 N–H and O–H groups in total. The van der Waals surface area contributed by atoms with Gasteiger partial charge in [0.05, 0.1) is 0 Å². The molecule has 63 valence electrons. The van der Waals surface area contributed by atoms with Crippen LogP contribution in [0.5, 0.6) is 0 Å². The summed E-state index contributed by atoms with van der Waals surface area (Å²) in [4.78, 5) is 20.0. The van der Waals surface area contributed by atoms with Gasteiger partial charge in [-0.1, -0.05) is 27.4 Å². The quantitative estimate of drug-likeness (QED) is 0.486. The minimum Gasteiger partial charge on any atom is -0.811 e. The molecule has 0 saturated heterocycles. The Bertz CT molecular complexity index is 111. The molecule has 1 radical (unpaired) electrons. The molecule has 0 aliphatic heterocycles. The summed E-state index contributed by atoms with van der Waals surface area (Å²) in [6, 6.07) is 0. The predicted molar refractivity (Wildman–Crippen MR) is 32.0 cm³/mol. The molecule has 0 rings (SSSR count). The molecule has 0 aromatic heterocycles. The van der Waals surface area contributed by atoms with Gasteiger partial charge in [-0.3, -0.25) is 0 Å². The molecule has 0 atom stereocenters. The van der Waals surface area contributed by atoms with E-state index in [-0.39, 0.29) is 22.9 Å². The molecular weight excluding hydrogens is 198 g/mol. The van der Waals surface area contributed by atoms with E-state index in [0.717, 1.165) is 12.8 Å². The fraction of sp³-hybridized carbons (Fsp3) is 1.00. The van der Waals surface area contributed by atoms with Crippen molar-refractivity contribution in [2.24, 2.45) is 0 Å². The van der Waals surface area contributed by atoms with Gasteiger partial charge < -0.3 is 14.4 Å². The van der Waals surface area contributed by atoms with Crippen molar-refractivity contribution in [1.82, 2.24) is 0 Å². The van der Waals surface area contributed by atoms with Crippen LogP contribution in [0.2, 0.25) is 0 Å². The molecule has 0 heterocycles. The van der Waals surface area contributed by atoms with Crippen molar-refractivity contribution in [2.45, 2.75) is 26.2 Å². The van der Waals surface area contributed by atoms with E-state index in [2.05, 4.69) is 0 Å². The van der Waals surface area contributed by atoms with Crippen LogP contribution in [0, 0.1) is 0 Å². The van der Waals surface area contributed by atoms with E-state index < -0.39 is 7.60 Å². The molecule has 0 aromatic rings. The Labute approximate surface area is 71.6 Å². The standard InChI is InChI=1S/C5H13O3P.Co/c1-2-3-4-5-9(6,7)8;/h2-5H2,1H3,(H2,6,7,8);/q;+2/p-2. The Morgan fingerprint density at radius 1 is 1.30 bits per heavy atom. The second-order valence-corrected chi connectivity index (χ2v) is 3.71. The van der Waals surface area contributed by atoms with Gasteiger partial charge in [0.15, 0.2) is 0 Å². The number of hydrogen-bond acceptors (Lipinski definition) is 3. The second-order valence-electron chi connectivity index (χ2n) is 2.04. The summed E-state index contributed by atoms with van der Waals surface area (Å²) >= 11 is 0. The first-order valence-corrected chi connectivity index (χ1v) is 4.80. The third-order valence-corrected chi connectivity index (χ3v) is 1.90. The summed E-state index contributed by atoms with van der Waals surface area (Å²) in [5.41, 5.74) is 0. The van der Waals surface area contributed by atoms with Crippen molar-refractivity contribution in [2.75, 3.05) is 6.16 Å². The number of hydrogen-bond donors (Lipinski definition) is 0. The molecule has 0 aliphatic carbocycles. The van der Waals surface area contributed by atoms with E-state index in [0.29, 0.717) is 6.42 Å². The van der Waals surface area contributed by atoms with Crippen molar-refractivity contribution in [3.05, 3.63) is 0 Å². The van der Waals surface area contributed by atoms with E-state index in [1.807, 2.05) is 6.92 Å². The minimum atomic E-state index is -4.20. The summed E-state index contributed by atoms with van der Waals surface area (Å²) < 4.78 is 9.98. The van der Waals surface area contributed by atoms with E-state index in [9.17, 15) is 14.4 Å². The smallest absolute Gasteiger partial charge is 0.811 e. The van der Waals surface area contributed by atoms with E-state index in [1.165, 1.54) is 0 Å². The zero-order valence-corrected chi connectivity index (χ0v) is 7.77. The van der Waals surface area contributed by atoms with Crippen LogP contribution >= 0.6 is 7.60 Å². The molecule has 5 heteroatoms. The van der Waals surface area contributed by atoms with Crippen molar-refractivity contribution >= 4 is 7.60 Å². The summed E-state index contributed by atoms with van der Waals surface area (Å²) in [7, 11) is -4.20. The molecule has 0 spiro atoms. The van der Waals surface area contributed by atoms with Gasteiger partial charge in [0.25, 0.3) is 0 Å². The molecular formula is C5H11CoO3P. The summed E-state index contributed by atoms with van der Waals surface area (Å²) in [6.45, 7) is 1.96. The molecule has 0 aliphatic rings. The van der Waals surface area contributed by atoms with Gasteiger partial charge >= 0.3 is 16.8 Å². The van der Waals surface area contributed by atoms with Crippen molar-refractivity contribution < 1.29 is 31.1 Å². The van der Waals surface area contributed by atoms with Crippen LogP contribution in [0.15, 0.2) is 0 Å². The zero-order valence-electron chi connectivity index (χ0n) is 5.83.